The number of aromatic nitrogens is 1. The van der Waals surface area contributed by atoms with Gasteiger partial charge in [-0.1, -0.05) is 30.9 Å². The van der Waals surface area contributed by atoms with Crippen LogP contribution in [-0.4, -0.2) is 65.8 Å². The molecule has 0 bridgehead atoms. The van der Waals surface area contributed by atoms with Crippen LogP contribution in [0.4, 0.5) is 5.69 Å². The Bertz CT molecular complexity index is 1060. The molecule has 0 aliphatic carbocycles. The van der Waals surface area contributed by atoms with Gasteiger partial charge in [0.15, 0.2) is 12.4 Å². The van der Waals surface area contributed by atoms with Crippen molar-refractivity contribution in [2.75, 3.05) is 30.3 Å². The number of esters is 1. The van der Waals surface area contributed by atoms with Crippen LogP contribution in [0.2, 0.25) is 0 Å². The smallest absolute Gasteiger partial charge is 0.329 e. The van der Waals surface area contributed by atoms with Gasteiger partial charge < -0.3 is 25.2 Å². The number of ether oxygens (including phenoxy) is 1. The monoisotopic (exact) mass is 512 g/mol. The third kappa shape index (κ3) is 8.22. The average Bonchev–Trinajstić information content (AvgIpc) is 3.19. The number of nitrogens with one attached hydrogen (secondary N) is 1. The van der Waals surface area contributed by atoms with Crippen molar-refractivity contribution in [3.05, 3.63) is 71.4 Å². The van der Waals surface area contributed by atoms with Crippen molar-refractivity contribution in [2.45, 2.75) is 38.6 Å². The van der Waals surface area contributed by atoms with E-state index >= 15 is 0 Å². The lowest BCUT2D eigenvalue weighted by molar-refractivity contribution is -0.684. The number of pyridine rings is 1. The number of amides is 1. The van der Waals surface area contributed by atoms with Gasteiger partial charge >= 0.3 is 5.97 Å². The van der Waals surface area contributed by atoms with Crippen LogP contribution in [0, 0.1) is 0 Å². The summed E-state index contributed by atoms with van der Waals surface area (Å²) in [6.45, 7) is 8.59. The minimum absolute atomic E-state index is 0.0823. The highest BCUT2D eigenvalue weighted by atomic mass is 32.2. The highest BCUT2D eigenvalue weighted by molar-refractivity contribution is 8.03. The van der Waals surface area contributed by atoms with E-state index in [4.69, 9.17) is 4.74 Å². The largest absolute Gasteiger partial charge is 0.464 e. The van der Waals surface area contributed by atoms with Crippen LogP contribution >= 0.6 is 11.8 Å². The first-order valence-electron chi connectivity index (χ1n) is 11.9. The molecular weight excluding hydrogens is 478 g/mol. The molecule has 2 heterocycles. The summed E-state index contributed by atoms with van der Waals surface area (Å²) in [7, 11) is 0. The Balaban J connectivity index is 1.53. The normalized spacial score (nSPS) is 18.3. The number of anilines is 1. The first-order chi connectivity index (χ1) is 17.2. The maximum atomic E-state index is 12.5. The van der Waals surface area contributed by atoms with Crippen molar-refractivity contribution >= 4 is 41.5 Å². The topological polar surface area (TPSA) is 103 Å². The third-order valence-corrected chi connectivity index (χ3v) is 6.62. The molecule has 0 saturated carbocycles. The van der Waals surface area contributed by atoms with Gasteiger partial charge in [-0.25, -0.2) is 4.79 Å². The minimum atomic E-state index is -0.728. The summed E-state index contributed by atoms with van der Waals surface area (Å²) < 4.78 is 6.82. The lowest BCUT2D eigenvalue weighted by atomic mass is 10.1. The molecule has 192 valence electrons. The van der Waals surface area contributed by atoms with Crippen LogP contribution in [0.25, 0.3) is 12.2 Å². The highest BCUT2D eigenvalue weighted by Crippen LogP contribution is 2.22. The minimum Gasteiger partial charge on any atom is -0.464 e. The Morgan fingerprint density at radius 3 is 2.28 bits per heavy atom. The maximum Gasteiger partial charge on any atom is 0.329 e. The zero-order chi connectivity index (χ0) is 26.1. The predicted octanol–water partition coefficient (Wildman–Crippen LogP) is 2.00. The second-order valence-corrected chi connectivity index (χ2v) is 9.97. The fourth-order valence-corrected chi connectivity index (χ4v) is 4.37. The van der Waals surface area contributed by atoms with E-state index in [9.17, 15) is 19.8 Å². The van der Waals surface area contributed by atoms with Crippen molar-refractivity contribution in [3.8, 4) is 0 Å². The van der Waals surface area contributed by atoms with Gasteiger partial charge in [-0.3, -0.25) is 4.79 Å². The second kappa shape index (κ2) is 13.2. The average molecular weight is 513 g/mol. The van der Waals surface area contributed by atoms with Gasteiger partial charge in [0.05, 0.1) is 18.8 Å². The number of aliphatic hydroxyl groups excluding tert-OH is 2. The number of thioether (sulfide) groups is 1. The van der Waals surface area contributed by atoms with Crippen molar-refractivity contribution in [1.82, 2.24) is 5.32 Å². The molecule has 1 saturated heterocycles. The van der Waals surface area contributed by atoms with Crippen LogP contribution in [0.3, 0.4) is 0 Å². The highest BCUT2D eigenvalue weighted by Gasteiger charge is 2.29. The molecule has 0 spiro atoms. The summed E-state index contributed by atoms with van der Waals surface area (Å²) in [5.41, 5.74) is 2.96. The first kappa shape index (κ1) is 27.4. The number of hydrogen-bond acceptors (Lipinski definition) is 7. The Labute approximate surface area is 216 Å². The lowest BCUT2D eigenvalue weighted by Crippen LogP contribution is -2.49. The number of carbonyl (C=O) groups is 2. The number of allylic oxidation sites excluding steroid dienone is 1. The Hall–Kier alpha value is -3.14. The quantitative estimate of drug-likeness (QED) is 0.313. The van der Waals surface area contributed by atoms with Gasteiger partial charge in [-0.05, 0) is 42.0 Å². The molecule has 3 rings (SSSR count). The molecule has 9 heteroatoms. The van der Waals surface area contributed by atoms with Gasteiger partial charge in [-0.15, -0.1) is 11.8 Å². The summed E-state index contributed by atoms with van der Waals surface area (Å²) in [4.78, 5) is 27.5. The molecule has 1 amide bonds. The predicted molar refractivity (Wildman–Crippen MR) is 142 cm³/mol. The molecule has 2 aromatic rings. The zero-order valence-corrected chi connectivity index (χ0v) is 21.5. The first-order valence-corrected chi connectivity index (χ1v) is 12.9. The molecule has 3 atom stereocenters. The molecule has 1 fully saturated rings. The number of benzene rings is 1. The number of nitrogens with zero attached hydrogens (tertiary/aromatic N) is 2. The maximum absolute atomic E-state index is 12.5. The van der Waals surface area contributed by atoms with Gasteiger partial charge in [-0.2, -0.15) is 4.57 Å². The van der Waals surface area contributed by atoms with Gasteiger partial charge in [0, 0.05) is 36.7 Å². The van der Waals surface area contributed by atoms with Gasteiger partial charge in [0.1, 0.15) is 6.04 Å². The summed E-state index contributed by atoms with van der Waals surface area (Å²) in [5, 5.41) is 22.2. The van der Waals surface area contributed by atoms with Crippen LogP contribution in [0.1, 0.15) is 25.0 Å². The Morgan fingerprint density at radius 2 is 1.72 bits per heavy atom. The van der Waals surface area contributed by atoms with E-state index in [0.717, 1.165) is 21.7 Å². The standard InChI is InChI=1S/C27H33N3O5S/c1-4-35-27(34)23(18-36-19(2)3)28-26(33)17-29-13-11-21(12-14-29)6-5-20-7-9-22(10-8-20)30-15-24(31)25(32)16-30/h5-14,23-25,31-32H,2,4,15-18H2,1,3H3/p+1. The summed E-state index contributed by atoms with van der Waals surface area (Å²) >= 11 is 1.41. The van der Waals surface area contributed by atoms with E-state index in [1.54, 1.807) is 11.5 Å². The van der Waals surface area contributed by atoms with Crippen LogP contribution in [0.5, 0.6) is 0 Å². The molecule has 8 nitrogen and oxygen atoms in total. The van der Waals surface area contributed by atoms with Crippen LogP contribution in [0.15, 0.2) is 60.3 Å². The fourth-order valence-electron chi connectivity index (χ4n) is 3.70. The summed E-state index contributed by atoms with van der Waals surface area (Å²) in [5.74, 6) is -0.354. The number of rotatable bonds is 11. The molecular formula is C27H34N3O5S+. The number of carbonyl (C=O) groups excluding carboxylic acids is 2. The molecule has 0 radical (unpaired) electrons. The van der Waals surface area contributed by atoms with Crippen LogP contribution < -0.4 is 14.8 Å². The van der Waals surface area contributed by atoms with Crippen molar-refractivity contribution < 1.29 is 29.1 Å². The van der Waals surface area contributed by atoms with E-state index in [2.05, 4.69) is 11.9 Å². The number of hydrogen-bond donors (Lipinski definition) is 3. The summed E-state index contributed by atoms with van der Waals surface area (Å²) in [6.07, 6.45) is 6.18. The van der Waals surface area contributed by atoms with E-state index in [1.165, 1.54) is 11.8 Å². The SMILES string of the molecule is C=C(C)SCC(NC(=O)C[n+]1ccc(/C=C/c2ccc(N3CC(O)C(O)C3)cc2)cc1)C(=O)OCC. The third-order valence-electron chi connectivity index (χ3n) is 5.63. The van der Waals surface area contributed by atoms with Gasteiger partial charge in [0.2, 0.25) is 6.54 Å². The second-order valence-electron chi connectivity index (χ2n) is 8.65. The lowest BCUT2D eigenvalue weighted by Gasteiger charge is -2.17. The Kier molecular flexibility index (Phi) is 10.1. The van der Waals surface area contributed by atoms with E-state index in [-0.39, 0.29) is 19.1 Å². The molecule has 1 aliphatic heterocycles. The molecule has 1 aromatic carbocycles. The number of β-amino-alcohol motifs (C(OH)–C–C–N with tert-alkyl or cyclic N) is 2. The molecule has 1 aromatic heterocycles. The molecule has 1 aliphatic rings. The van der Waals surface area contributed by atoms with Crippen LogP contribution in [-0.2, 0) is 20.9 Å². The zero-order valence-electron chi connectivity index (χ0n) is 20.7. The molecule has 3 N–H and O–H groups in total. The Morgan fingerprint density at radius 1 is 1.14 bits per heavy atom. The van der Waals surface area contributed by atoms with E-state index in [1.807, 2.05) is 72.8 Å². The van der Waals surface area contributed by atoms with Crippen molar-refractivity contribution in [1.29, 1.82) is 0 Å². The van der Waals surface area contributed by atoms with E-state index < -0.39 is 24.2 Å². The molecule has 3 unspecified atom stereocenters. The molecule has 36 heavy (non-hydrogen) atoms. The van der Waals surface area contributed by atoms with Crippen molar-refractivity contribution in [2.24, 2.45) is 0 Å². The summed E-state index contributed by atoms with van der Waals surface area (Å²) in [6, 6.07) is 11.0. The van der Waals surface area contributed by atoms with Crippen molar-refractivity contribution in [3.63, 3.8) is 0 Å². The fraction of sp³-hybridized carbons (Fsp3) is 0.370. The number of aliphatic hydroxyl groups is 2. The van der Waals surface area contributed by atoms with E-state index in [0.29, 0.717) is 18.8 Å². The van der Waals surface area contributed by atoms with Gasteiger partial charge in [0.25, 0.3) is 5.91 Å².